The minimum Gasteiger partial charge on any atom is -0.490 e. The zero-order chi connectivity index (χ0) is 19.5. The molecule has 2 rings (SSSR count). The predicted molar refractivity (Wildman–Crippen MR) is 105 cm³/mol. The third-order valence-corrected chi connectivity index (χ3v) is 3.52. The molecule has 0 atom stereocenters. The Labute approximate surface area is 159 Å². The van der Waals surface area contributed by atoms with Gasteiger partial charge in [0, 0.05) is 6.54 Å². The van der Waals surface area contributed by atoms with Gasteiger partial charge in [0.2, 0.25) is 0 Å². The van der Waals surface area contributed by atoms with Gasteiger partial charge in [-0.15, -0.1) is 6.58 Å². The first kappa shape index (κ1) is 20.0. The molecule has 2 aromatic carbocycles. The van der Waals surface area contributed by atoms with Crippen LogP contribution in [0.3, 0.4) is 0 Å². The molecule has 0 heterocycles. The number of carbonyl (C=O) groups is 2. The molecular weight excluding hydrogens is 344 g/mol. The zero-order valence-electron chi connectivity index (χ0n) is 15.4. The van der Waals surface area contributed by atoms with E-state index in [1.807, 2.05) is 19.1 Å². The summed E-state index contributed by atoms with van der Waals surface area (Å²) in [5.41, 5.74) is 0.794. The van der Waals surface area contributed by atoms with E-state index in [0.717, 1.165) is 6.42 Å². The van der Waals surface area contributed by atoms with Gasteiger partial charge in [-0.05, 0) is 30.7 Å². The van der Waals surface area contributed by atoms with Gasteiger partial charge in [-0.25, -0.2) is 0 Å². The average molecular weight is 368 g/mol. The zero-order valence-corrected chi connectivity index (χ0v) is 15.4. The Kier molecular flexibility index (Phi) is 7.91. The Morgan fingerprint density at radius 3 is 2.41 bits per heavy atom. The van der Waals surface area contributed by atoms with Crippen molar-refractivity contribution in [2.24, 2.45) is 0 Å². The molecule has 0 unspecified atom stereocenters. The first-order chi connectivity index (χ1) is 13.2. The lowest BCUT2D eigenvalue weighted by molar-refractivity contribution is -0.118. The molecule has 0 bridgehead atoms. The number of hydrogen-bond donors (Lipinski definition) is 2. The SMILES string of the molecule is C=CCNC(=O)c1ccccc1NC(=O)COc1ccccc1OCCC. The molecule has 6 nitrogen and oxygen atoms in total. The summed E-state index contributed by atoms with van der Waals surface area (Å²) in [6, 6.07) is 14.0. The maximum atomic E-state index is 12.3. The Morgan fingerprint density at radius 1 is 1.04 bits per heavy atom. The van der Waals surface area contributed by atoms with Crippen molar-refractivity contribution in [1.82, 2.24) is 5.32 Å². The molecule has 0 spiro atoms. The van der Waals surface area contributed by atoms with E-state index in [9.17, 15) is 9.59 Å². The smallest absolute Gasteiger partial charge is 0.262 e. The van der Waals surface area contributed by atoms with Crippen LogP contribution in [-0.4, -0.2) is 31.6 Å². The normalized spacial score (nSPS) is 9.96. The Balaban J connectivity index is 1.99. The molecule has 0 aliphatic heterocycles. The lowest BCUT2D eigenvalue weighted by atomic mass is 10.1. The second-order valence-electron chi connectivity index (χ2n) is 5.68. The number of rotatable bonds is 10. The molecule has 0 radical (unpaired) electrons. The number of carbonyl (C=O) groups excluding carboxylic acids is 2. The summed E-state index contributed by atoms with van der Waals surface area (Å²) in [6.45, 7) is 6.29. The number of anilines is 1. The molecule has 2 amide bonds. The average Bonchev–Trinajstić information content (AvgIpc) is 2.70. The molecule has 2 N–H and O–H groups in total. The van der Waals surface area contributed by atoms with Crippen molar-refractivity contribution in [3.63, 3.8) is 0 Å². The van der Waals surface area contributed by atoms with E-state index >= 15 is 0 Å². The van der Waals surface area contributed by atoms with Crippen LogP contribution in [0.4, 0.5) is 5.69 Å². The van der Waals surface area contributed by atoms with Gasteiger partial charge < -0.3 is 20.1 Å². The van der Waals surface area contributed by atoms with Crippen molar-refractivity contribution in [3.05, 3.63) is 66.7 Å². The maximum absolute atomic E-state index is 12.3. The highest BCUT2D eigenvalue weighted by Gasteiger charge is 2.13. The molecule has 0 aliphatic carbocycles. The lowest BCUT2D eigenvalue weighted by Crippen LogP contribution is -2.26. The van der Waals surface area contributed by atoms with Crippen molar-refractivity contribution in [3.8, 4) is 11.5 Å². The van der Waals surface area contributed by atoms with Crippen LogP contribution in [0.5, 0.6) is 11.5 Å². The van der Waals surface area contributed by atoms with Crippen LogP contribution in [0.1, 0.15) is 23.7 Å². The minimum absolute atomic E-state index is 0.199. The van der Waals surface area contributed by atoms with E-state index in [2.05, 4.69) is 17.2 Å². The van der Waals surface area contributed by atoms with Gasteiger partial charge in [0.1, 0.15) is 0 Å². The van der Waals surface area contributed by atoms with Gasteiger partial charge in [0.25, 0.3) is 11.8 Å². The number of hydrogen-bond acceptors (Lipinski definition) is 4. The standard InChI is InChI=1S/C21H24N2O4/c1-3-13-22-21(25)16-9-5-6-10-17(16)23-20(24)15-27-19-12-8-7-11-18(19)26-14-4-2/h3,5-12H,1,4,13-15H2,2H3,(H,22,25)(H,23,24). The number of benzene rings is 2. The van der Waals surface area contributed by atoms with Gasteiger partial charge in [0.15, 0.2) is 18.1 Å². The summed E-state index contributed by atoms with van der Waals surface area (Å²) in [5.74, 6) is 0.434. The van der Waals surface area contributed by atoms with Crippen LogP contribution in [0.15, 0.2) is 61.2 Å². The Morgan fingerprint density at radius 2 is 1.70 bits per heavy atom. The largest absolute Gasteiger partial charge is 0.490 e. The van der Waals surface area contributed by atoms with Gasteiger partial charge >= 0.3 is 0 Å². The van der Waals surface area contributed by atoms with Crippen LogP contribution in [0.25, 0.3) is 0 Å². The molecule has 0 saturated carbocycles. The molecule has 0 aliphatic rings. The molecule has 0 saturated heterocycles. The topological polar surface area (TPSA) is 76.7 Å². The van der Waals surface area contributed by atoms with Gasteiger partial charge in [-0.1, -0.05) is 37.3 Å². The summed E-state index contributed by atoms with van der Waals surface area (Å²) < 4.78 is 11.2. The first-order valence-corrected chi connectivity index (χ1v) is 8.78. The number of para-hydroxylation sites is 3. The van der Waals surface area contributed by atoms with Crippen LogP contribution >= 0.6 is 0 Å². The Hall–Kier alpha value is -3.28. The van der Waals surface area contributed by atoms with Crippen LogP contribution in [0.2, 0.25) is 0 Å². The fourth-order valence-electron chi connectivity index (χ4n) is 2.28. The van der Waals surface area contributed by atoms with Gasteiger partial charge in [0.05, 0.1) is 17.9 Å². The number of amides is 2. The quantitative estimate of drug-likeness (QED) is 0.630. The number of nitrogens with one attached hydrogen (secondary N) is 2. The highest BCUT2D eigenvalue weighted by molar-refractivity contribution is 6.04. The fraction of sp³-hybridized carbons (Fsp3) is 0.238. The summed E-state index contributed by atoms with van der Waals surface area (Å²) in [6.07, 6.45) is 2.46. The second kappa shape index (κ2) is 10.7. The third-order valence-electron chi connectivity index (χ3n) is 3.52. The van der Waals surface area contributed by atoms with Crippen molar-refractivity contribution < 1.29 is 19.1 Å². The van der Waals surface area contributed by atoms with Gasteiger partial charge in [-0.2, -0.15) is 0 Å². The summed E-state index contributed by atoms with van der Waals surface area (Å²) in [7, 11) is 0. The van der Waals surface area contributed by atoms with Crippen molar-refractivity contribution in [2.45, 2.75) is 13.3 Å². The van der Waals surface area contributed by atoms with Crippen molar-refractivity contribution in [1.29, 1.82) is 0 Å². The molecule has 2 aromatic rings. The van der Waals surface area contributed by atoms with Crippen LogP contribution < -0.4 is 20.1 Å². The minimum atomic E-state index is -0.371. The maximum Gasteiger partial charge on any atom is 0.262 e. The monoisotopic (exact) mass is 368 g/mol. The highest BCUT2D eigenvalue weighted by atomic mass is 16.5. The van der Waals surface area contributed by atoms with Crippen LogP contribution in [0, 0.1) is 0 Å². The lowest BCUT2D eigenvalue weighted by Gasteiger charge is -2.13. The van der Waals surface area contributed by atoms with Crippen molar-refractivity contribution in [2.75, 3.05) is 25.1 Å². The summed E-state index contributed by atoms with van der Waals surface area (Å²) in [4.78, 5) is 24.4. The molecule has 142 valence electrons. The van der Waals surface area contributed by atoms with E-state index in [1.54, 1.807) is 42.5 Å². The van der Waals surface area contributed by atoms with E-state index in [0.29, 0.717) is 35.9 Å². The molecule has 27 heavy (non-hydrogen) atoms. The third kappa shape index (κ3) is 6.18. The summed E-state index contributed by atoms with van der Waals surface area (Å²) in [5, 5.41) is 5.40. The summed E-state index contributed by atoms with van der Waals surface area (Å²) >= 11 is 0. The molecule has 6 heteroatoms. The first-order valence-electron chi connectivity index (χ1n) is 8.78. The fourth-order valence-corrected chi connectivity index (χ4v) is 2.28. The highest BCUT2D eigenvalue weighted by Crippen LogP contribution is 2.26. The van der Waals surface area contributed by atoms with E-state index < -0.39 is 0 Å². The van der Waals surface area contributed by atoms with E-state index in [-0.39, 0.29) is 18.4 Å². The molecular formula is C21H24N2O4. The number of ether oxygens (including phenoxy) is 2. The Bertz CT molecular complexity index is 789. The molecule has 0 aromatic heterocycles. The van der Waals surface area contributed by atoms with Crippen molar-refractivity contribution >= 4 is 17.5 Å². The van der Waals surface area contributed by atoms with E-state index in [1.165, 1.54) is 0 Å². The van der Waals surface area contributed by atoms with Gasteiger partial charge in [-0.3, -0.25) is 9.59 Å². The molecule has 0 fully saturated rings. The second-order valence-corrected chi connectivity index (χ2v) is 5.68. The van der Waals surface area contributed by atoms with E-state index in [4.69, 9.17) is 9.47 Å². The van der Waals surface area contributed by atoms with Crippen LogP contribution in [-0.2, 0) is 4.79 Å². The predicted octanol–water partition coefficient (Wildman–Crippen LogP) is 3.41.